The quantitative estimate of drug-likeness (QED) is 0.402. The van der Waals surface area contributed by atoms with Crippen LogP contribution in [0.3, 0.4) is 0 Å². The summed E-state index contributed by atoms with van der Waals surface area (Å²) in [6.45, 7) is 0. The van der Waals surface area contributed by atoms with E-state index in [9.17, 15) is 9.90 Å². The molecule has 0 aliphatic heterocycles. The number of carboxylic acids is 1. The molecule has 2 aromatic carbocycles. The highest BCUT2D eigenvalue weighted by atomic mass is 35.5. The van der Waals surface area contributed by atoms with Crippen molar-refractivity contribution in [3.8, 4) is 33.0 Å². The van der Waals surface area contributed by atoms with Crippen molar-refractivity contribution in [3.63, 3.8) is 0 Å². The third-order valence-corrected chi connectivity index (χ3v) is 5.82. The van der Waals surface area contributed by atoms with Crippen LogP contribution < -0.4 is 0 Å². The van der Waals surface area contributed by atoms with Crippen LogP contribution in [0.1, 0.15) is 10.4 Å². The van der Waals surface area contributed by atoms with Gasteiger partial charge in [-0.1, -0.05) is 47.5 Å². The van der Waals surface area contributed by atoms with Crippen LogP contribution in [-0.4, -0.2) is 21.0 Å². The smallest absolute Gasteiger partial charge is 0.336 e. The summed E-state index contributed by atoms with van der Waals surface area (Å²) in [5, 5.41) is 13.2. The van der Waals surface area contributed by atoms with E-state index in [0.29, 0.717) is 15.6 Å². The lowest BCUT2D eigenvalue weighted by molar-refractivity contribution is 0.0698. The topological polar surface area (TPSA) is 63.1 Å². The molecule has 0 spiro atoms. The van der Waals surface area contributed by atoms with Gasteiger partial charge in [0.25, 0.3) is 0 Å². The average Bonchev–Trinajstić information content (AvgIpc) is 3.20. The SMILES string of the molecule is O=C(O)c1cc(-c2nc(-c3ccc(Cl)c(Cl)c3)cs2)ccc1-c1cccnc1. The van der Waals surface area contributed by atoms with Gasteiger partial charge in [0.05, 0.1) is 21.3 Å². The first kappa shape index (κ1) is 18.6. The number of benzene rings is 2. The Morgan fingerprint density at radius 3 is 2.50 bits per heavy atom. The second-order valence-electron chi connectivity index (χ2n) is 5.97. The molecule has 2 aromatic heterocycles. The minimum atomic E-state index is -0.998. The maximum Gasteiger partial charge on any atom is 0.336 e. The van der Waals surface area contributed by atoms with Crippen molar-refractivity contribution in [2.75, 3.05) is 0 Å². The average molecular weight is 427 g/mol. The molecule has 4 rings (SSSR count). The Hall–Kier alpha value is -2.73. The van der Waals surface area contributed by atoms with E-state index in [0.717, 1.165) is 27.4 Å². The maximum absolute atomic E-state index is 11.8. The second-order valence-corrected chi connectivity index (χ2v) is 7.65. The Labute approximate surface area is 175 Å². The van der Waals surface area contributed by atoms with E-state index >= 15 is 0 Å². The van der Waals surface area contributed by atoms with Gasteiger partial charge in [-0.3, -0.25) is 4.98 Å². The number of carboxylic acid groups (broad SMARTS) is 1. The van der Waals surface area contributed by atoms with Gasteiger partial charge in [-0.2, -0.15) is 0 Å². The number of pyridine rings is 1. The fourth-order valence-corrected chi connectivity index (χ4v) is 3.95. The van der Waals surface area contributed by atoms with Crippen LogP contribution in [-0.2, 0) is 0 Å². The number of rotatable bonds is 4. The number of nitrogens with zero attached hydrogens (tertiary/aromatic N) is 2. The molecule has 4 nitrogen and oxygen atoms in total. The first-order valence-electron chi connectivity index (χ1n) is 8.22. The number of hydrogen-bond donors (Lipinski definition) is 1. The lowest BCUT2D eigenvalue weighted by Crippen LogP contribution is -2.00. The molecular formula is C21H12Cl2N2O2S. The van der Waals surface area contributed by atoms with Crippen LogP contribution in [0.5, 0.6) is 0 Å². The third-order valence-electron chi connectivity index (χ3n) is 4.19. The molecule has 7 heteroatoms. The molecule has 0 bridgehead atoms. The fourth-order valence-electron chi connectivity index (χ4n) is 2.82. The van der Waals surface area contributed by atoms with Crippen LogP contribution in [0.2, 0.25) is 10.0 Å². The molecule has 0 aliphatic carbocycles. The maximum atomic E-state index is 11.8. The lowest BCUT2D eigenvalue weighted by atomic mass is 9.99. The summed E-state index contributed by atoms with van der Waals surface area (Å²) >= 11 is 13.5. The predicted molar refractivity (Wildman–Crippen MR) is 113 cm³/mol. The highest BCUT2D eigenvalue weighted by Crippen LogP contribution is 2.34. The number of thiazole rings is 1. The van der Waals surface area contributed by atoms with Crippen molar-refractivity contribution in [3.05, 3.63) is 81.9 Å². The Bertz CT molecular complexity index is 1180. The molecule has 28 heavy (non-hydrogen) atoms. The van der Waals surface area contributed by atoms with E-state index in [1.807, 2.05) is 23.6 Å². The van der Waals surface area contributed by atoms with Gasteiger partial charge in [0.1, 0.15) is 5.01 Å². The first-order valence-corrected chi connectivity index (χ1v) is 9.85. The van der Waals surface area contributed by atoms with E-state index in [4.69, 9.17) is 23.2 Å². The molecule has 0 aliphatic rings. The van der Waals surface area contributed by atoms with Crippen molar-refractivity contribution >= 4 is 40.5 Å². The van der Waals surface area contributed by atoms with E-state index in [1.165, 1.54) is 11.3 Å². The zero-order valence-electron chi connectivity index (χ0n) is 14.3. The summed E-state index contributed by atoms with van der Waals surface area (Å²) in [5.74, 6) is -0.998. The van der Waals surface area contributed by atoms with Crippen molar-refractivity contribution in [2.24, 2.45) is 0 Å². The summed E-state index contributed by atoms with van der Waals surface area (Å²) in [5.41, 5.74) is 3.92. The van der Waals surface area contributed by atoms with Gasteiger partial charge >= 0.3 is 5.97 Å². The number of hydrogen-bond acceptors (Lipinski definition) is 4. The minimum Gasteiger partial charge on any atom is -0.478 e. The van der Waals surface area contributed by atoms with Gasteiger partial charge in [0.2, 0.25) is 0 Å². The van der Waals surface area contributed by atoms with Gasteiger partial charge in [0.15, 0.2) is 0 Å². The Morgan fingerprint density at radius 2 is 1.79 bits per heavy atom. The molecule has 1 N–H and O–H groups in total. The number of carbonyl (C=O) groups is 1. The van der Waals surface area contributed by atoms with E-state index < -0.39 is 5.97 Å². The molecule has 0 saturated carbocycles. The number of aromatic nitrogens is 2. The predicted octanol–water partition coefficient (Wildman–Crippen LogP) is 6.54. The zero-order chi connectivity index (χ0) is 19.7. The van der Waals surface area contributed by atoms with Crippen LogP contribution in [0.4, 0.5) is 0 Å². The standard InChI is InChI=1S/C21H12Cl2N2O2S/c22-17-6-4-12(9-18(17)23)19-11-28-20(25-19)13-3-5-15(16(8-13)21(26)27)14-2-1-7-24-10-14/h1-11H,(H,26,27). The van der Waals surface area contributed by atoms with Crippen LogP contribution in [0.15, 0.2) is 66.3 Å². The van der Waals surface area contributed by atoms with E-state index in [1.54, 1.807) is 42.7 Å². The van der Waals surface area contributed by atoms with E-state index in [2.05, 4.69) is 9.97 Å². The molecule has 0 amide bonds. The Kier molecular flexibility index (Phi) is 5.13. The summed E-state index contributed by atoms with van der Waals surface area (Å²) in [7, 11) is 0. The fraction of sp³-hybridized carbons (Fsp3) is 0. The van der Waals surface area contributed by atoms with Gasteiger partial charge in [0, 0.05) is 34.5 Å². The highest BCUT2D eigenvalue weighted by Gasteiger charge is 2.15. The molecule has 0 saturated heterocycles. The molecule has 0 radical (unpaired) electrons. The first-order chi connectivity index (χ1) is 13.5. The summed E-state index contributed by atoms with van der Waals surface area (Å²) in [6, 6.07) is 14.2. The van der Waals surface area contributed by atoms with Crippen molar-refractivity contribution < 1.29 is 9.90 Å². The van der Waals surface area contributed by atoms with Gasteiger partial charge in [-0.25, -0.2) is 9.78 Å². The summed E-state index contributed by atoms with van der Waals surface area (Å²) in [6.07, 6.45) is 3.30. The van der Waals surface area contributed by atoms with Crippen molar-refractivity contribution in [1.29, 1.82) is 0 Å². The molecule has 4 aromatic rings. The second kappa shape index (κ2) is 7.72. The van der Waals surface area contributed by atoms with E-state index in [-0.39, 0.29) is 5.56 Å². The highest BCUT2D eigenvalue weighted by molar-refractivity contribution is 7.13. The van der Waals surface area contributed by atoms with Crippen LogP contribution in [0.25, 0.3) is 33.0 Å². The van der Waals surface area contributed by atoms with Crippen LogP contribution in [0, 0.1) is 0 Å². The normalized spacial score (nSPS) is 10.8. The molecule has 0 unspecified atom stereocenters. The third kappa shape index (κ3) is 3.64. The largest absolute Gasteiger partial charge is 0.478 e. The van der Waals surface area contributed by atoms with Crippen molar-refractivity contribution in [2.45, 2.75) is 0 Å². The Morgan fingerprint density at radius 1 is 0.964 bits per heavy atom. The van der Waals surface area contributed by atoms with Crippen LogP contribution >= 0.6 is 34.5 Å². The van der Waals surface area contributed by atoms with Gasteiger partial charge in [-0.05, 0) is 29.8 Å². The van der Waals surface area contributed by atoms with Gasteiger partial charge < -0.3 is 5.11 Å². The summed E-state index contributed by atoms with van der Waals surface area (Å²) in [4.78, 5) is 20.5. The molecule has 0 fully saturated rings. The van der Waals surface area contributed by atoms with Crippen molar-refractivity contribution in [1.82, 2.24) is 9.97 Å². The molecule has 0 atom stereocenters. The van der Waals surface area contributed by atoms with Gasteiger partial charge in [-0.15, -0.1) is 11.3 Å². The monoisotopic (exact) mass is 426 g/mol. The molecular weight excluding hydrogens is 415 g/mol. The zero-order valence-corrected chi connectivity index (χ0v) is 16.6. The number of halogens is 2. The Balaban J connectivity index is 1.74. The molecule has 2 heterocycles. The summed E-state index contributed by atoms with van der Waals surface area (Å²) < 4.78 is 0. The lowest BCUT2D eigenvalue weighted by Gasteiger charge is -2.08. The minimum absolute atomic E-state index is 0.205. The number of aromatic carboxylic acids is 1. The molecule has 138 valence electrons.